The summed E-state index contributed by atoms with van der Waals surface area (Å²) in [6, 6.07) is 6.03. The summed E-state index contributed by atoms with van der Waals surface area (Å²) in [4.78, 5) is 0. The van der Waals surface area contributed by atoms with Crippen LogP contribution in [0.25, 0.3) is 0 Å². The molecular weight excluding hydrogens is 277 g/mol. The minimum atomic E-state index is 0.144. The highest BCUT2D eigenvalue weighted by molar-refractivity contribution is 6.42. The Morgan fingerprint density at radius 3 is 2.26 bits per heavy atom. The minimum absolute atomic E-state index is 0.144. The smallest absolute Gasteiger partial charge is 0.0595 e. The van der Waals surface area contributed by atoms with Gasteiger partial charge < -0.3 is 5.73 Å². The summed E-state index contributed by atoms with van der Waals surface area (Å²) in [5.74, 6) is 0. The van der Waals surface area contributed by atoms with Crippen LogP contribution in [-0.4, -0.2) is 6.54 Å². The van der Waals surface area contributed by atoms with Crippen molar-refractivity contribution in [3.63, 3.8) is 0 Å². The van der Waals surface area contributed by atoms with Gasteiger partial charge in [-0.05, 0) is 48.8 Å². The lowest BCUT2D eigenvalue weighted by Gasteiger charge is -2.58. The Bertz CT molecular complexity index is 470. The van der Waals surface area contributed by atoms with E-state index in [1.165, 1.54) is 50.5 Å². The van der Waals surface area contributed by atoms with Gasteiger partial charge in [0.2, 0.25) is 0 Å². The molecule has 3 rings (SSSR count). The molecule has 0 radical (unpaired) electrons. The van der Waals surface area contributed by atoms with E-state index < -0.39 is 0 Å². The fraction of sp³-hybridized carbons (Fsp3) is 0.625. The van der Waals surface area contributed by atoms with Crippen molar-refractivity contribution in [2.75, 3.05) is 6.54 Å². The highest BCUT2D eigenvalue weighted by Crippen LogP contribution is 2.61. The van der Waals surface area contributed by atoms with E-state index in [4.69, 9.17) is 28.9 Å². The topological polar surface area (TPSA) is 26.0 Å². The van der Waals surface area contributed by atoms with Crippen molar-refractivity contribution in [1.29, 1.82) is 0 Å². The van der Waals surface area contributed by atoms with Crippen LogP contribution in [0.5, 0.6) is 0 Å². The van der Waals surface area contributed by atoms with Gasteiger partial charge in [0.15, 0.2) is 0 Å². The van der Waals surface area contributed by atoms with Crippen molar-refractivity contribution in [2.45, 2.75) is 50.4 Å². The zero-order valence-electron chi connectivity index (χ0n) is 11.2. The molecule has 0 atom stereocenters. The first-order chi connectivity index (χ1) is 9.09. The molecule has 2 saturated carbocycles. The second-order valence-electron chi connectivity index (χ2n) is 6.53. The lowest BCUT2D eigenvalue weighted by Crippen LogP contribution is -2.54. The lowest BCUT2D eigenvalue weighted by atomic mass is 9.47. The molecule has 19 heavy (non-hydrogen) atoms. The van der Waals surface area contributed by atoms with Crippen LogP contribution < -0.4 is 5.73 Å². The molecule has 0 bridgehead atoms. The number of halogens is 2. The predicted molar refractivity (Wildman–Crippen MR) is 81.9 cm³/mol. The average molecular weight is 298 g/mol. The van der Waals surface area contributed by atoms with Crippen LogP contribution in [0, 0.1) is 5.41 Å². The summed E-state index contributed by atoms with van der Waals surface area (Å²) >= 11 is 12.2. The molecule has 0 amide bonds. The van der Waals surface area contributed by atoms with Gasteiger partial charge >= 0.3 is 0 Å². The fourth-order valence-corrected chi connectivity index (χ4v) is 4.63. The Morgan fingerprint density at radius 2 is 1.68 bits per heavy atom. The lowest BCUT2D eigenvalue weighted by molar-refractivity contribution is -0.00833. The molecule has 2 aliphatic rings. The van der Waals surface area contributed by atoms with E-state index in [0.717, 1.165) is 0 Å². The summed E-state index contributed by atoms with van der Waals surface area (Å²) < 4.78 is 0. The van der Waals surface area contributed by atoms with Crippen molar-refractivity contribution in [1.82, 2.24) is 0 Å². The number of nitrogens with two attached hydrogens (primary N) is 1. The molecule has 0 unspecified atom stereocenters. The summed E-state index contributed by atoms with van der Waals surface area (Å²) in [7, 11) is 0. The molecule has 0 aliphatic heterocycles. The Hall–Kier alpha value is -0.240. The summed E-state index contributed by atoms with van der Waals surface area (Å²) in [5.41, 5.74) is 8.10. The van der Waals surface area contributed by atoms with Crippen LogP contribution >= 0.6 is 23.2 Å². The van der Waals surface area contributed by atoms with Gasteiger partial charge in [0, 0.05) is 12.0 Å². The van der Waals surface area contributed by atoms with Gasteiger partial charge in [-0.15, -0.1) is 0 Å². The van der Waals surface area contributed by atoms with Gasteiger partial charge in [0.05, 0.1) is 10.0 Å². The summed E-state index contributed by atoms with van der Waals surface area (Å²) in [5, 5.41) is 1.28. The molecular formula is C16H21Cl2N. The van der Waals surface area contributed by atoms with Crippen molar-refractivity contribution in [2.24, 2.45) is 11.1 Å². The molecule has 0 saturated heterocycles. The van der Waals surface area contributed by atoms with Crippen molar-refractivity contribution < 1.29 is 0 Å². The molecule has 0 aromatic heterocycles. The number of benzene rings is 1. The van der Waals surface area contributed by atoms with E-state index in [0.29, 0.717) is 22.0 Å². The van der Waals surface area contributed by atoms with E-state index >= 15 is 0 Å². The first-order valence-electron chi connectivity index (χ1n) is 7.25. The van der Waals surface area contributed by atoms with Gasteiger partial charge in [0.25, 0.3) is 0 Å². The highest BCUT2D eigenvalue weighted by Gasteiger charge is 2.54. The third-order valence-electron chi connectivity index (χ3n) is 5.26. The first-order valence-corrected chi connectivity index (χ1v) is 8.01. The van der Waals surface area contributed by atoms with E-state index in [1.807, 2.05) is 12.1 Å². The molecule has 3 heteroatoms. The van der Waals surface area contributed by atoms with Crippen molar-refractivity contribution in [3.8, 4) is 0 Å². The number of hydrogen-bond donors (Lipinski definition) is 1. The van der Waals surface area contributed by atoms with Gasteiger partial charge in [0.1, 0.15) is 0 Å². The maximum atomic E-state index is 6.16. The third-order valence-corrected chi connectivity index (χ3v) is 6.00. The van der Waals surface area contributed by atoms with Crippen LogP contribution in [0.15, 0.2) is 18.2 Å². The Labute approximate surface area is 125 Å². The van der Waals surface area contributed by atoms with Crippen molar-refractivity contribution in [3.05, 3.63) is 33.8 Å². The van der Waals surface area contributed by atoms with Crippen LogP contribution in [0.2, 0.25) is 10.0 Å². The van der Waals surface area contributed by atoms with Gasteiger partial charge in [-0.25, -0.2) is 0 Å². The maximum Gasteiger partial charge on any atom is 0.0595 e. The summed E-state index contributed by atoms with van der Waals surface area (Å²) in [6.07, 6.45) is 9.42. The molecule has 1 aromatic rings. The molecule has 0 heterocycles. The van der Waals surface area contributed by atoms with E-state index in [2.05, 4.69) is 6.07 Å². The summed E-state index contributed by atoms with van der Waals surface area (Å²) in [6.45, 7) is 0.715. The molecule has 1 aromatic carbocycles. The number of hydrogen-bond acceptors (Lipinski definition) is 1. The normalized spacial score (nSPS) is 24.2. The van der Waals surface area contributed by atoms with E-state index in [9.17, 15) is 0 Å². The monoisotopic (exact) mass is 297 g/mol. The molecule has 104 valence electrons. The zero-order chi connectivity index (χ0) is 13.5. The second-order valence-corrected chi connectivity index (χ2v) is 7.34. The Kier molecular flexibility index (Phi) is 3.57. The molecule has 2 aliphatic carbocycles. The average Bonchev–Trinajstić information content (AvgIpc) is 2.40. The highest BCUT2D eigenvalue weighted by atomic mass is 35.5. The van der Waals surface area contributed by atoms with E-state index in [-0.39, 0.29) is 5.41 Å². The van der Waals surface area contributed by atoms with Crippen LogP contribution in [0.4, 0.5) is 0 Å². The first kappa shape index (κ1) is 13.7. The Morgan fingerprint density at radius 1 is 1.00 bits per heavy atom. The second kappa shape index (κ2) is 4.95. The van der Waals surface area contributed by atoms with Crippen LogP contribution in [-0.2, 0) is 5.41 Å². The fourth-order valence-electron chi connectivity index (χ4n) is 4.33. The van der Waals surface area contributed by atoms with Gasteiger partial charge in [-0.2, -0.15) is 0 Å². The third kappa shape index (κ3) is 2.30. The predicted octanol–water partition coefficient (Wildman–Crippen LogP) is 4.93. The largest absolute Gasteiger partial charge is 0.330 e. The molecule has 2 fully saturated rings. The SMILES string of the molecule is NCC1(c2ccc(Cl)c(Cl)c2)CC2(CCCCC2)C1. The molecule has 2 N–H and O–H groups in total. The van der Waals surface area contributed by atoms with Crippen molar-refractivity contribution >= 4 is 23.2 Å². The minimum Gasteiger partial charge on any atom is -0.330 e. The van der Waals surface area contributed by atoms with Gasteiger partial charge in [-0.3, -0.25) is 0 Å². The van der Waals surface area contributed by atoms with Crippen LogP contribution in [0.3, 0.4) is 0 Å². The Balaban J connectivity index is 1.83. The van der Waals surface area contributed by atoms with Crippen LogP contribution in [0.1, 0.15) is 50.5 Å². The maximum absolute atomic E-state index is 6.16. The zero-order valence-corrected chi connectivity index (χ0v) is 12.7. The molecule has 1 spiro atoms. The number of rotatable bonds is 2. The van der Waals surface area contributed by atoms with E-state index in [1.54, 1.807) is 0 Å². The molecule has 1 nitrogen and oxygen atoms in total. The quantitative estimate of drug-likeness (QED) is 0.822. The standard InChI is InChI=1S/C16H21Cl2N/c17-13-5-4-12(8-14(13)18)16(11-19)9-15(10-16)6-2-1-3-7-15/h4-5,8H,1-3,6-7,9-11,19H2. The van der Waals surface area contributed by atoms with Gasteiger partial charge in [-0.1, -0.05) is 48.5 Å².